The molecule has 100 valence electrons. The van der Waals surface area contributed by atoms with Crippen LogP contribution in [0.1, 0.15) is 35.3 Å². The van der Waals surface area contributed by atoms with E-state index in [1.165, 1.54) is 0 Å². The third-order valence-corrected chi connectivity index (χ3v) is 3.29. The lowest BCUT2D eigenvalue weighted by molar-refractivity contribution is 0.0945. The van der Waals surface area contributed by atoms with Gasteiger partial charge in [-0.1, -0.05) is 37.3 Å². The Balaban J connectivity index is 2.39. The fraction of sp³-hybridized carbons (Fsp3) is 0.333. The van der Waals surface area contributed by atoms with Crippen LogP contribution in [0.15, 0.2) is 36.5 Å². The van der Waals surface area contributed by atoms with Crippen LogP contribution >= 0.6 is 0 Å². The molecule has 0 aliphatic heterocycles. The van der Waals surface area contributed by atoms with E-state index in [1.54, 1.807) is 25.0 Å². The van der Waals surface area contributed by atoms with Crippen LogP contribution in [0, 0.1) is 0 Å². The molecule has 2 aromatic rings. The van der Waals surface area contributed by atoms with Gasteiger partial charge in [0, 0.05) is 13.0 Å². The maximum absolute atomic E-state index is 12.7. The van der Waals surface area contributed by atoms with Crippen molar-refractivity contribution in [3.05, 3.63) is 47.8 Å². The second kappa shape index (κ2) is 5.69. The summed E-state index contributed by atoms with van der Waals surface area (Å²) in [6, 6.07) is 9.81. The maximum atomic E-state index is 12.7. The topological polar surface area (TPSA) is 44.1 Å². The summed E-state index contributed by atoms with van der Waals surface area (Å²) in [6.07, 6.45) is 2.32. The number of Topliss-reactive ketones (excluding diaryl/α,β-unsaturated/α-hetero) is 1. The van der Waals surface area contributed by atoms with E-state index >= 15 is 0 Å². The van der Waals surface area contributed by atoms with Crippen molar-refractivity contribution in [3.8, 4) is 5.75 Å². The molecule has 19 heavy (non-hydrogen) atoms. The number of methoxy groups -OCH3 is 1. The molecule has 0 radical (unpaired) electrons. The number of ether oxygens (including phenoxy) is 1. The Morgan fingerprint density at radius 3 is 2.63 bits per heavy atom. The molecular weight excluding hydrogens is 240 g/mol. The monoisotopic (exact) mass is 258 g/mol. The minimum Gasteiger partial charge on any atom is -0.493 e. The van der Waals surface area contributed by atoms with Gasteiger partial charge in [-0.2, -0.15) is 5.10 Å². The zero-order valence-corrected chi connectivity index (χ0v) is 11.5. The molecule has 4 nitrogen and oxygen atoms in total. The summed E-state index contributed by atoms with van der Waals surface area (Å²) in [5, 5.41) is 4.09. The number of nitrogens with zero attached hydrogens (tertiary/aromatic N) is 2. The van der Waals surface area contributed by atoms with Crippen molar-refractivity contribution in [3.63, 3.8) is 0 Å². The first-order chi connectivity index (χ1) is 9.19. The van der Waals surface area contributed by atoms with E-state index in [1.807, 2.05) is 37.3 Å². The lowest BCUT2D eigenvalue weighted by Gasteiger charge is -2.15. The molecule has 0 fully saturated rings. The summed E-state index contributed by atoms with van der Waals surface area (Å²) in [5.74, 6) is 0.415. The van der Waals surface area contributed by atoms with Gasteiger partial charge in [-0.15, -0.1) is 0 Å². The quantitative estimate of drug-likeness (QED) is 0.775. The lowest BCUT2D eigenvalue weighted by atomic mass is 9.90. The third kappa shape index (κ3) is 2.52. The first kappa shape index (κ1) is 13.3. The van der Waals surface area contributed by atoms with Gasteiger partial charge in [-0.05, 0) is 12.0 Å². The van der Waals surface area contributed by atoms with Gasteiger partial charge in [0.25, 0.3) is 0 Å². The number of ketones is 1. The van der Waals surface area contributed by atoms with Gasteiger partial charge < -0.3 is 4.74 Å². The molecule has 1 aromatic heterocycles. The van der Waals surface area contributed by atoms with E-state index < -0.39 is 0 Å². The van der Waals surface area contributed by atoms with Gasteiger partial charge in [-0.3, -0.25) is 9.48 Å². The second-order valence-electron chi connectivity index (χ2n) is 4.42. The van der Waals surface area contributed by atoms with Crippen LogP contribution in [0.3, 0.4) is 0 Å². The summed E-state index contributed by atoms with van der Waals surface area (Å²) >= 11 is 0. The van der Waals surface area contributed by atoms with Crippen molar-refractivity contribution in [2.24, 2.45) is 7.05 Å². The number of benzene rings is 1. The summed E-state index contributed by atoms with van der Waals surface area (Å²) in [7, 11) is 3.31. The zero-order chi connectivity index (χ0) is 13.8. The number of aromatic nitrogens is 2. The van der Waals surface area contributed by atoms with Gasteiger partial charge in [0.2, 0.25) is 0 Å². The Bertz CT molecular complexity index is 561. The number of hydrogen-bond donors (Lipinski definition) is 0. The average molecular weight is 258 g/mol. The average Bonchev–Trinajstić information content (AvgIpc) is 2.81. The van der Waals surface area contributed by atoms with Crippen molar-refractivity contribution in [2.45, 2.75) is 19.3 Å². The molecule has 0 saturated heterocycles. The van der Waals surface area contributed by atoms with Gasteiger partial charge >= 0.3 is 0 Å². The summed E-state index contributed by atoms with van der Waals surface area (Å²) < 4.78 is 6.79. The SMILES string of the molecule is CCC(C(=O)c1c(OC)cnn1C)c1ccccc1. The van der Waals surface area contributed by atoms with Crippen molar-refractivity contribution in [1.82, 2.24) is 9.78 Å². The Morgan fingerprint density at radius 2 is 2.05 bits per heavy atom. The molecule has 0 aliphatic carbocycles. The van der Waals surface area contributed by atoms with E-state index in [9.17, 15) is 4.79 Å². The number of carbonyl (C=O) groups excluding carboxylic acids is 1. The molecule has 1 unspecified atom stereocenters. The zero-order valence-electron chi connectivity index (χ0n) is 11.5. The van der Waals surface area contributed by atoms with Gasteiger partial charge in [0.05, 0.1) is 13.3 Å². The summed E-state index contributed by atoms with van der Waals surface area (Å²) in [6.45, 7) is 2.01. The summed E-state index contributed by atoms with van der Waals surface area (Å²) in [5.41, 5.74) is 1.55. The molecule has 0 spiro atoms. The predicted octanol–water partition coefficient (Wildman–Crippen LogP) is 2.81. The molecule has 2 rings (SSSR count). The smallest absolute Gasteiger partial charge is 0.192 e. The molecule has 0 bridgehead atoms. The molecule has 1 atom stereocenters. The second-order valence-corrected chi connectivity index (χ2v) is 4.42. The Hall–Kier alpha value is -2.10. The van der Waals surface area contributed by atoms with Crippen LogP contribution in [0.4, 0.5) is 0 Å². The van der Waals surface area contributed by atoms with Crippen LogP contribution in [-0.4, -0.2) is 22.7 Å². The molecule has 1 heterocycles. The lowest BCUT2D eigenvalue weighted by Crippen LogP contribution is -2.16. The number of hydrogen-bond acceptors (Lipinski definition) is 3. The Kier molecular flexibility index (Phi) is 4.00. The molecule has 1 aromatic carbocycles. The molecule has 4 heteroatoms. The number of aryl methyl sites for hydroxylation is 1. The highest BCUT2D eigenvalue weighted by atomic mass is 16.5. The largest absolute Gasteiger partial charge is 0.493 e. The maximum Gasteiger partial charge on any atom is 0.192 e. The van der Waals surface area contributed by atoms with Crippen molar-refractivity contribution in [2.75, 3.05) is 7.11 Å². The fourth-order valence-corrected chi connectivity index (χ4v) is 2.27. The van der Waals surface area contributed by atoms with E-state index in [2.05, 4.69) is 5.10 Å². The number of rotatable bonds is 5. The first-order valence-electron chi connectivity index (χ1n) is 6.34. The van der Waals surface area contributed by atoms with E-state index in [0.717, 1.165) is 12.0 Å². The minimum absolute atomic E-state index is 0.0468. The highest BCUT2D eigenvalue weighted by molar-refractivity contribution is 6.01. The normalized spacial score (nSPS) is 12.2. The highest BCUT2D eigenvalue weighted by Gasteiger charge is 2.26. The van der Waals surface area contributed by atoms with Crippen molar-refractivity contribution < 1.29 is 9.53 Å². The van der Waals surface area contributed by atoms with E-state index in [4.69, 9.17) is 4.74 Å². The third-order valence-electron chi connectivity index (χ3n) is 3.29. The van der Waals surface area contributed by atoms with Gasteiger partial charge in [0.1, 0.15) is 5.69 Å². The fourth-order valence-electron chi connectivity index (χ4n) is 2.27. The van der Waals surface area contributed by atoms with Gasteiger partial charge in [-0.25, -0.2) is 0 Å². The first-order valence-corrected chi connectivity index (χ1v) is 6.34. The molecule has 0 N–H and O–H groups in total. The Morgan fingerprint density at radius 1 is 1.37 bits per heavy atom. The highest BCUT2D eigenvalue weighted by Crippen LogP contribution is 2.28. The molecule has 0 saturated carbocycles. The van der Waals surface area contributed by atoms with Crippen LogP contribution in [0.2, 0.25) is 0 Å². The van der Waals surface area contributed by atoms with Crippen LogP contribution in [0.25, 0.3) is 0 Å². The molecule has 0 amide bonds. The van der Waals surface area contributed by atoms with Crippen molar-refractivity contribution in [1.29, 1.82) is 0 Å². The van der Waals surface area contributed by atoms with E-state index in [0.29, 0.717) is 11.4 Å². The number of carbonyl (C=O) groups is 1. The molecular formula is C15H18N2O2. The van der Waals surface area contributed by atoms with Gasteiger partial charge in [0.15, 0.2) is 11.5 Å². The van der Waals surface area contributed by atoms with Crippen LogP contribution in [-0.2, 0) is 7.05 Å². The molecule has 0 aliphatic rings. The minimum atomic E-state index is -0.162. The Labute approximate surface area is 113 Å². The van der Waals surface area contributed by atoms with E-state index in [-0.39, 0.29) is 11.7 Å². The van der Waals surface area contributed by atoms with Crippen LogP contribution in [0.5, 0.6) is 5.75 Å². The van der Waals surface area contributed by atoms with Crippen LogP contribution < -0.4 is 4.74 Å². The summed E-state index contributed by atoms with van der Waals surface area (Å²) in [4.78, 5) is 12.7. The standard InChI is InChI=1S/C15H18N2O2/c1-4-12(11-8-6-5-7-9-11)15(18)14-13(19-3)10-16-17(14)2/h5-10,12H,4H2,1-3H3. The van der Waals surface area contributed by atoms with Crippen molar-refractivity contribution >= 4 is 5.78 Å². The predicted molar refractivity (Wildman–Crippen MR) is 73.6 cm³/mol.